The number of nitrogen functional groups attached to an aromatic ring is 1. The van der Waals surface area contributed by atoms with E-state index in [2.05, 4.69) is 5.43 Å². The number of aliphatic hydroxyl groups excluding tert-OH is 1. The Morgan fingerprint density at radius 3 is 2.84 bits per heavy atom. The smallest absolute Gasteiger partial charge is 0.255 e. The Morgan fingerprint density at radius 2 is 2.26 bits per heavy atom. The van der Waals surface area contributed by atoms with E-state index in [9.17, 15) is 9.90 Å². The van der Waals surface area contributed by atoms with Crippen molar-refractivity contribution >= 4 is 11.6 Å². The molecule has 0 bridgehead atoms. The average Bonchev–Trinajstić information content (AvgIpc) is 2.37. The van der Waals surface area contributed by atoms with Crippen molar-refractivity contribution in [3.8, 4) is 0 Å². The second-order valence-electron chi connectivity index (χ2n) is 4.49. The van der Waals surface area contributed by atoms with Gasteiger partial charge in [-0.2, -0.15) is 0 Å². The Morgan fingerprint density at radius 1 is 1.58 bits per heavy atom. The van der Waals surface area contributed by atoms with Crippen LogP contribution in [0.4, 0.5) is 5.69 Å². The van der Waals surface area contributed by atoms with Gasteiger partial charge in [0, 0.05) is 20.7 Å². The quantitative estimate of drug-likeness (QED) is 0.511. The number of carbonyl (C=O) groups excluding carboxylic acids is 1. The summed E-state index contributed by atoms with van der Waals surface area (Å²) >= 11 is 0. The number of nitrogens with zero attached hydrogens (tertiary/aromatic N) is 1. The molecule has 0 radical (unpaired) electrons. The van der Waals surface area contributed by atoms with Crippen molar-refractivity contribution in [3.63, 3.8) is 0 Å². The van der Waals surface area contributed by atoms with Crippen LogP contribution in [0.1, 0.15) is 15.9 Å². The standard InChI is InChI=1S/C13H21N3O3/c1-9-4-5-11(12(6-9)15-14)13(18)16(2)7-10(17)8-19-3/h4-6,10,15,17H,7-8,14H2,1-3H3. The lowest BCUT2D eigenvalue weighted by molar-refractivity contribution is 0.0380. The van der Waals surface area contributed by atoms with Crippen LogP contribution in [0.2, 0.25) is 0 Å². The number of likely N-dealkylation sites (N-methyl/N-ethyl adjacent to an activating group) is 1. The van der Waals surface area contributed by atoms with Crippen LogP contribution in [0.25, 0.3) is 0 Å². The molecule has 1 aromatic rings. The molecule has 6 nitrogen and oxygen atoms in total. The molecule has 0 saturated carbocycles. The molecule has 0 fully saturated rings. The topological polar surface area (TPSA) is 87.8 Å². The summed E-state index contributed by atoms with van der Waals surface area (Å²) in [5.41, 5.74) is 4.56. The summed E-state index contributed by atoms with van der Waals surface area (Å²) in [7, 11) is 3.13. The number of benzene rings is 1. The molecule has 0 aliphatic heterocycles. The number of ether oxygens (including phenoxy) is 1. The van der Waals surface area contributed by atoms with Gasteiger partial charge in [-0.1, -0.05) is 6.07 Å². The van der Waals surface area contributed by atoms with E-state index < -0.39 is 6.10 Å². The Balaban J connectivity index is 2.82. The van der Waals surface area contributed by atoms with Gasteiger partial charge in [0.25, 0.3) is 5.91 Å². The molecule has 6 heteroatoms. The van der Waals surface area contributed by atoms with E-state index in [0.29, 0.717) is 11.3 Å². The molecule has 19 heavy (non-hydrogen) atoms. The lowest BCUT2D eigenvalue weighted by atomic mass is 10.1. The van der Waals surface area contributed by atoms with E-state index in [0.717, 1.165) is 5.56 Å². The molecule has 1 aromatic carbocycles. The molecule has 0 aliphatic carbocycles. The zero-order valence-electron chi connectivity index (χ0n) is 11.5. The number of hydrogen-bond donors (Lipinski definition) is 3. The highest BCUT2D eigenvalue weighted by atomic mass is 16.5. The largest absolute Gasteiger partial charge is 0.389 e. The van der Waals surface area contributed by atoms with Crippen molar-refractivity contribution in [1.29, 1.82) is 0 Å². The van der Waals surface area contributed by atoms with Gasteiger partial charge in [-0.05, 0) is 24.6 Å². The minimum absolute atomic E-state index is 0.188. The Hall–Kier alpha value is -1.63. The van der Waals surface area contributed by atoms with E-state index in [-0.39, 0.29) is 19.1 Å². The number of amides is 1. The number of nitrogens with two attached hydrogens (primary N) is 1. The molecule has 0 heterocycles. The lowest BCUT2D eigenvalue weighted by Gasteiger charge is -2.21. The first kappa shape index (κ1) is 15.4. The summed E-state index contributed by atoms with van der Waals surface area (Å²) in [4.78, 5) is 13.7. The number of nitrogens with one attached hydrogen (secondary N) is 1. The third-order valence-corrected chi connectivity index (χ3v) is 2.75. The van der Waals surface area contributed by atoms with Gasteiger partial charge >= 0.3 is 0 Å². The van der Waals surface area contributed by atoms with E-state index in [1.807, 2.05) is 13.0 Å². The average molecular weight is 267 g/mol. The number of carbonyl (C=O) groups is 1. The van der Waals surface area contributed by atoms with Gasteiger partial charge in [0.2, 0.25) is 0 Å². The van der Waals surface area contributed by atoms with Crippen LogP contribution in [-0.2, 0) is 4.74 Å². The van der Waals surface area contributed by atoms with E-state index in [1.165, 1.54) is 12.0 Å². The molecule has 0 aliphatic rings. The third-order valence-electron chi connectivity index (χ3n) is 2.75. The number of hydrazine groups is 1. The molecular formula is C13H21N3O3. The first-order valence-electron chi connectivity index (χ1n) is 5.99. The van der Waals surface area contributed by atoms with Crippen molar-refractivity contribution in [2.24, 2.45) is 5.84 Å². The Bertz CT molecular complexity index is 437. The second kappa shape index (κ2) is 7.08. The van der Waals surface area contributed by atoms with Crippen molar-refractivity contribution in [2.45, 2.75) is 13.0 Å². The molecule has 1 atom stereocenters. The van der Waals surface area contributed by atoms with Gasteiger partial charge in [-0.3, -0.25) is 10.6 Å². The van der Waals surface area contributed by atoms with E-state index in [4.69, 9.17) is 10.6 Å². The van der Waals surface area contributed by atoms with Crippen LogP contribution in [-0.4, -0.2) is 49.3 Å². The van der Waals surface area contributed by atoms with E-state index in [1.54, 1.807) is 19.2 Å². The fraction of sp³-hybridized carbons (Fsp3) is 0.462. The molecule has 1 rings (SSSR count). The number of rotatable bonds is 6. The molecule has 0 aromatic heterocycles. The van der Waals surface area contributed by atoms with Crippen LogP contribution in [0.5, 0.6) is 0 Å². The molecule has 0 spiro atoms. The second-order valence-corrected chi connectivity index (χ2v) is 4.49. The summed E-state index contributed by atoms with van der Waals surface area (Å²) in [6.07, 6.45) is -0.710. The molecule has 4 N–H and O–H groups in total. The van der Waals surface area contributed by atoms with Gasteiger partial charge in [-0.15, -0.1) is 0 Å². The summed E-state index contributed by atoms with van der Waals surface area (Å²) in [5.74, 6) is 5.21. The number of aliphatic hydroxyl groups is 1. The van der Waals surface area contributed by atoms with Crippen LogP contribution in [0.3, 0.4) is 0 Å². The van der Waals surface area contributed by atoms with Crippen LogP contribution in [0, 0.1) is 6.92 Å². The maximum absolute atomic E-state index is 12.3. The SMILES string of the molecule is COCC(O)CN(C)C(=O)c1ccc(C)cc1NN. The molecular weight excluding hydrogens is 246 g/mol. The summed E-state index contributed by atoms with van der Waals surface area (Å²) in [6, 6.07) is 5.35. The number of aryl methyl sites for hydroxylation is 1. The molecule has 1 amide bonds. The van der Waals surface area contributed by atoms with Gasteiger partial charge in [-0.25, -0.2) is 0 Å². The number of hydrogen-bond acceptors (Lipinski definition) is 5. The van der Waals surface area contributed by atoms with Gasteiger partial charge in [0.15, 0.2) is 0 Å². The highest BCUT2D eigenvalue weighted by Crippen LogP contribution is 2.18. The minimum atomic E-state index is -0.710. The van der Waals surface area contributed by atoms with E-state index >= 15 is 0 Å². The van der Waals surface area contributed by atoms with Crippen LogP contribution < -0.4 is 11.3 Å². The Labute approximate surface area is 113 Å². The normalized spacial score (nSPS) is 12.1. The maximum atomic E-state index is 12.3. The van der Waals surface area contributed by atoms with Crippen molar-refractivity contribution in [1.82, 2.24) is 4.90 Å². The maximum Gasteiger partial charge on any atom is 0.255 e. The zero-order valence-corrected chi connectivity index (χ0v) is 11.5. The highest BCUT2D eigenvalue weighted by molar-refractivity contribution is 5.99. The van der Waals surface area contributed by atoms with Crippen LogP contribution >= 0.6 is 0 Å². The van der Waals surface area contributed by atoms with Gasteiger partial charge < -0.3 is 20.2 Å². The molecule has 1 unspecified atom stereocenters. The monoisotopic (exact) mass is 267 g/mol. The highest BCUT2D eigenvalue weighted by Gasteiger charge is 2.18. The fourth-order valence-electron chi connectivity index (χ4n) is 1.81. The number of anilines is 1. The van der Waals surface area contributed by atoms with Crippen LogP contribution in [0.15, 0.2) is 18.2 Å². The number of methoxy groups -OCH3 is 1. The summed E-state index contributed by atoms with van der Waals surface area (Å²) < 4.78 is 4.83. The fourth-order valence-corrected chi connectivity index (χ4v) is 1.81. The predicted molar refractivity (Wildman–Crippen MR) is 73.8 cm³/mol. The predicted octanol–water partition coefficient (Wildman–Crippen LogP) is 0.360. The summed E-state index contributed by atoms with van der Waals surface area (Å²) in [6.45, 7) is 2.30. The molecule has 106 valence electrons. The zero-order chi connectivity index (χ0) is 14.4. The minimum Gasteiger partial charge on any atom is -0.389 e. The first-order chi connectivity index (χ1) is 8.99. The Kier molecular flexibility index (Phi) is 5.75. The third kappa shape index (κ3) is 4.20. The lowest BCUT2D eigenvalue weighted by Crippen LogP contribution is -2.36. The molecule has 0 saturated heterocycles. The van der Waals surface area contributed by atoms with Gasteiger partial charge in [0.1, 0.15) is 0 Å². The van der Waals surface area contributed by atoms with Crippen molar-refractivity contribution in [2.75, 3.05) is 32.7 Å². The van der Waals surface area contributed by atoms with Gasteiger partial charge in [0.05, 0.1) is 24.0 Å². The van der Waals surface area contributed by atoms with Crippen molar-refractivity contribution < 1.29 is 14.6 Å². The first-order valence-corrected chi connectivity index (χ1v) is 5.99. The van der Waals surface area contributed by atoms with Crippen molar-refractivity contribution in [3.05, 3.63) is 29.3 Å². The summed E-state index contributed by atoms with van der Waals surface area (Å²) in [5, 5.41) is 9.63.